The van der Waals surface area contributed by atoms with Gasteiger partial charge in [0.25, 0.3) is 5.69 Å². The monoisotopic (exact) mass is 382 g/mol. The number of amides is 1. The number of hydrogen-bond donors (Lipinski definition) is 1. The van der Waals surface area contributed by atoms with Gasteiger partial charge >= 0.3 is 0 Å². The summed E-state index contributed by atoms with van der Waals surface area (Å²) in [6, 6.07) is 11.4. The average molecular weight is 382 g/mol. The van der Waals surface area contributed by atoms with Gasteiger partial charge in [-0.25, -0.2) is 0 Å². The van der Waals surface area contributed by atoms with Crippen molar-refractivity contribution in [1.82, 2.24) is 5.32 Å². The van der Waals surface area contributed by atoms with E-state index in [2.05, 4.69) is 5.32 Å². The fraction of sp³-hybridized carbons (Fsp3) is 0.286. The van der Waals surface area contributed by atoms with Gasteiger partial charge < -0.3 is 14.8 Å². The molecule has 1 aliphatic heterocycles. The van der Waals surface area contributed by atoms with E-state index in [4.69, 9.17) is 9.47 Å². The molecule has 28 heavy (non-hydrogen) atoms. The number of nitro benzene ring substituents is 1. The number of fused-ring (bicyclic) bond motifs is 1. The first-order chi connectivity index (χ1) is 13.3. The van der Waals surface area contributed by atoms with Crippen molar-refractivity contribution in [3.05, 3.63) is 69.8 Å². The summed E-state index contributed by atoms with van der Waals surface area (Å²) in [6.07, 6.45) is 3.68. The molecule has 0 aromatic heterocycles. The molecule has 0 bridgehead atoms. The topological polar surface area (TPSA) is 90.7 Å². The minimum Gasteiger partial charge on any atom is -0.497 e. The van der Waals surface area contributed by atoms with Crippen molar-refractivity contribution in [3.63, 3.8) is 0 Å². The van der Waals surface area contributed by atoms with Crippen molar-refractivity contribution >= 4 is 17.7 Å². The zero-order valence-electron chi connectivity index (χ0n) is 16.0. The number of benzene rings is 2. The molecule has 1 atom stereocenters. The molecule has 0 saturated carbocycles. The first kappa shape index (κ1) is 19.4. The van der Waals surface area contributed by atoms with Gasteiger partial charge in [0.05, 0.1) is 18.1 Å². The second-order valence-corrected chi connectivity index (χ2v) is 7.21. The second kappa shape index (κ2) is 7.72. The molecule has 1 heterocycles. The molecule has 7 heteroatoms. The number of carbonyl (C=O) groups is 1. The summed E-state index contributed by atoms with van der Waals surface area (Å²) in [7, 11) is 1.60. The Kier molecular flexibility index (Phi) is 5.35. The van der Waals surface area contributed by atoms with Gasteiger partial charge in [0.15, 0.2) is 0 Å². The lowest BCUT2D eigenvalue weighted by molar-refractivity contribution is -0.384. The van der Waals surface area contributed by atoms with Crippen molar-refractivity contribution < 1.29 is 19.2 Å². The molecule has 0 radical (unpaired) electrons. The summed E-state index contributed by atoms with van der Waals surface area (Å²) < 4.78 is 11.3. The average Bonchev–Trinajstić information content (AvgIpc) is 2.65. The van der Waals surface area contributed by atoms with Gasteiger partial charge in [-0.05, 0) is 49.8 Å². The van der Waals surface area contributed by atoms with Gasteiger partial charge in [-0.2, -0.15) is 0 Å². The highest BCUT2D eigenvalue weighted by Gasteiger charge is 2.34. The predicted octanol–water partition coefficient (Wildman–Crippen LogP) is 4.04. The van der Waals surface area contributed by atoms with Gasteiger partial charge in [0.2, 0.25) is 5.91 Å². The molecule has 1 aliphatic rings. The Morgan fingerprint density at radius 1 is 1.29 bits per heavy atom. The Morgan fingerprint density at radius 2 is 2.00 bits per heavy atom. The zero-order chi connectivity index (χ0) is 20.3. The molecule has 0 fully saturated rings. The van der Waals surface area contributed by atoms with Crippen LogP contribution in [-0.4, -0.2) is 23.5 Å². The third-order valence-corrected chi connectivity index (χ3v) is 4.53. The Balaban J connectivity index is 1.73. The summed E-state index contributed by atoms with van der Waals surface area (Å²) in [6.45, 7) is 3.95. The molecule has 146 valence electrons. The highest BCUT2D eigenvalue weighted by atomic mass is 16.6. The summed E-state index contributed by atoms with van der Waals surface area (Å²) >= 11 is 0. The fourth-order valence-electron chi connectivity index (χ4n) is 3.19. The minimum absolute atomic E-state index is 0.0121. The molecule has 0 spiro atoms. The van der Waals surface area contributed by atoms with Gasteiger partial charge in [-0.15, -0.1) is 0 Å². The van der Waals surface area contributed by atoms with E-state index in [0.29, 0.717) is 23.5 Å². The molecule has 7 nitrogen and oxygen atoms in total. The first-order valence-corrected chi connectivity index (χ1v) is 8.87. The van der Waals surface area contributed by atoms with Gasteiger partial charge in [-0.1, -0.05) is 0 Å². The minimum atomic E-state index is -0.459. The molecule has 1 N–H and O–H groups in total. The molecule has 0 aliphatic carbocycles. The maximum absolute atomic E-state index is 12.4. The largest absolute Gasteiger partial charge is 0.497 e. The molecule has 1 amide bonds. The van der Waals surface area contributed by atoms with Crippen molar-refractivity contribution in [3.8, 4) is 11.5 Å². The lowest BCUT2D eigenvalue weighted by Crippen LogP contribution is -2.40. The molecular formula is C21H22N2O5. The van der Waals surface area contributed by atoms with E-state index in [1.54, 1.807) is 25.3 Å². The Morgan fingerprint density at radius 3 is 2.64 bits per heavy atom. The number of rotatable bonds is 5. The number of carbonyl (C=O) groups excluding carboxylic acids is 1. The smallest absolute Gasteiger partial charge is 0.269 e. The van der Waals surface area contributed by atoms with E-state index in [1.807, 2.05) is 32.0 Å². The van der Waals surface area contributed by atoms with Crippen LogP contribution < -0.4 is 14.8 Å². The third-order valence-electron chi connectivity index (χ3n) is 4.53. The standard InChI is InChI=1S/C21H22N2O5/c1-21(2)13-18(17-10-9-16(27-3)12-19(17)28-21)22-20(24)11-6-14-4-7-15(8-5-14)23(25)26/h4-12,18H,13H2,1-3H3,(H,22,24)/b11-6+/t18-/m0/s1. The lowest BCUT2D eigenvalue weighted by atomic mass is 9.89. The number of nitrogens with one attached hydrogen (secondary N) is 1. The van der Waals surface area contributed by atoms with Crippen LogP contribution in [-0.2, 0) is 4.79 Å². The van der Waals surface area contributed by atoms with Crippen LogP contribution in [0, 0.1) is 10.1 Å². The van der Waals surface area contributed by atoms with Gasteiger partial charge in [0, 0.05) is 36.3 Å². The van der Waals surface area contributed by atoms with Crippen LogP contribution in [0.15, 0.2) is 48.5 Å². The van der Waals surface area contributed by atoms with Crippen LogP contribution in [0.25, 0.3) is 6.08 Å². The van der Waals surface area contributed by atoms with Crippen LogP contribution in [0.3, 0.4) is 0 Å². The molecule has 0 unspecified atom stereocenters. The quantitative estimate of drug-likeness (QED) is 0.479. The number of nitro groups is 1. The summed E-state index contributed by atoms with van der Waals surface area (Å²) in [4.78, 5) is 22.7. The van der Waals surface area contributed by atoms with Crippen LogP contribution in [0.5, 0.6) is 11.5 Å². The van der Waals surface area contributed by atoms with Gasteiger partial charge in [0.1, 0.15) is 17.1 Å². The maximum Gasteiger partial charge on any atom is 0.269 e. The van der Waals surface area contributed by atoms with E-state index in [-0.39, 0.29) is 17.6 Å². The van der Waals surface area contributed by atoms with Crippen LogP contribution in [0.2, 0.25) is 0 Å². The normalized spacial score (nSPS) is 17.5. The van der Waals surface area contributed by atoms with Crippen LogP contribution >= 0.6 is 0 Å². The number of hydrogen-bond acceptors (Lipinski definition) is 5. The zero-order valence-corrected chi connectivity index (χ0v) is 16.0. The van der Waals surface area contributed by atoms with E-state index in [0.717, 1.165) is 5.56 Å². The number of methoxy groups -OCH3 is 1. The van der Waals surface area contributed by atoms with Crippen molar-refractivity contribution in [1.29, 1.82) is 0 Å². The maximum atomic E-state index is 12.4. The van der Waals surface area contributed by atoms with Crippen molar-refractivity contribution in [2.24, 2.45) is 0 Å². The highest BCUT2D eigenvalue weighted by molar-refractivity contribution is 5.92. The summed E-state index contributed by atoms with van der Waals surface area (Å²) in [5.74, 6) is 1.14. The number of ether oxygens (including phenoxy) is 2. The van der Waals surface area contributed by atoms with Crippen molar-refractivity contribution in [2.45, 2.75) is 31.9 Å². The van der Waals surface area contributed by atoms with E-state index in [9.17, 15) is 14.9 Å². The Labute approximate surface area is 163 Å². The van der Waals surface area contributed by atoms with Gasteiger partial charge in [-0.3, -0.25) is 14.9 Å². The highest BCUT2D eigenvalue weighted by Crippen LogP contribution is 2.41. The SMILES string of the molecule is COc1ccc2c(c1)OC(C)(C)C[C@@H]2NC(=O)/C=C/c1ccc([N+](=O)[O-])cc1. The summed E-state index contributed by atoms with van der Waals surface area (Å²) in [5, 5.41) is 13.7. The lowest BCUT2D eigenvalue weighted by Gasteiger charge is -2.37. The molecule has 0 saturated heterocycles. The third kappa shape index (κ3) is 4.49. The molecule has 3 rings (SSSR count). The van der Waals surface area contributed by atoms with Crippen LogP contribution in [0.4, 0.5) is 5.69 Å². The Bertz CT molecular complexity index is 919. The number of non-ortho nitro benzene ring substituents is 1. The molecule has 2 aromatic rings. The number of nitrogens with zero attached hydrogens (tertiary/aromatic N) is 1. The van der Waals surface area contributed by atoms with E-state index in [1.165, 1.54) is 18.2 Å². The second-order valence-electron chi connectivity index (χ2n) is 7.21. The predicted molar refractivity (Wildman–Crippen MR) is 105 cm³/mol. The fourth-order valence-corrected chi connectivity index (χ4v) is 3.19. The van der Waals surface area contributed by atoms with Crippen molar-refractivity contribution in [2.75, 3.05) is 7.11 Å². The first-order valence-electron chi connectivity index (χ1n) is 8.87. The van der Waals surface area contributed by atoms with Crippen LogP contribution in [0.1, 0.15) is 37.4 Å². The van der Waals surface area contributed by atoms with E-state index >= 15 is 0 Å². The molecular weight excluding hydrogens is 360 g/mol. The van der Waals surface area contributed by atoms with E-state index < -0.39 is 10.5 Å². The summed E-state index contributed by atoms with van der Waals surface area (Å²) in [5.41, 5.74) is 1.19. The Hall–Kier alpha value is -3.35. The molecule has 2 aromatic carbocycles.